The lowest BCUT2D eigenvalue weighted by Crippen LogP contribution is -2.71. The molecule has 0 spiro atoms. The van der Waals surface area contributed by atoms with E-state index in [1.165, 1.54) is 62.4 Å². The molecule has 534 valence electrons. The van der Waals surface area contributed by atoms with Gasteiger partial charge in [-0.1, -0.05) is 103 Å². The second-order valence-corrected chi connectivity index (χ2v) is 23.6. The summed E-state index contributed by atoms with van der Waals surface area (Å²) in [6.07, 6.45) is -34.5. The van der Waals surface area contributed by atoms with Gasteiger partial charge in [0.05, 0.1) is 41.1 Å². The van der Waals surface area contributed by atoms with E-state index < -0.39 is 196 Å². The third-order valence-electron chi connectivity index (χ3n) is 16.1. The Labute approximate surface area is 573 Å². The Morgan fingerprint density at radius 1 is 0.360 bits per heavy atom. The maximum atomic E-state index is 14.6. The molecule has 0 bridgehead atoms. The van der Waals surface area contributed by atoms with Gasteiger partial charge >= 0.3 is 53.7 Å². The van der Waals surface area contributed by atoms with Crippen LogP contribution in [-0.2, 0) is 116 Å². The number of carbonyl (C=O) groups is 10. The monoisotopic (exact) mass is 1390 g/mol. The number of aliphatic hydroxyl groups is 1. The van der Waals surface area contributed by atoms with Crippen molar-refractivity contribution in [3.63, 3.8) is 0 Å². The van der Waals surface area contributed by atoms with Crippen molar-refractivity contribution in [2.75, 3.05) is 13.2 Å². The highest BCUT2D eigenvalue weighted by atomic mass is 16.8. The summed E-state index contributed by atoms with van der Waals surface area (Å²) in [5.41, 5.74) is 0.757. The van der Waals surface area contributed by atoms with Crippen molar-refractivity contribution in [1.82, 2.24) is 5.32 Å². The normalized spacial score (nSPS) is 29.4. The Bertz CT molecular complexity index is 3540. The van der Waals surface area contributed by atoms with Crippen LogP contribution >= 0.6 is 0 Å². The number of carbonyl (C=O) groups excluding carboxylic acids is 10. The molecule has 9 rings (SSSR count). The Hall–Kier alpha value is -9.56. The number of benzene rings is 5. The maximum absolute atomic E-state index is 14.6. The van der Waals surface area contributed by atoms with Crippen molar-refractivity contribution >= 4 is 59.6 Å². The summed E-state index contributed by atoms with van der Waals surface area (Å²) < 4.78 is 107. The van der Waals surface area contributed by atoms with Gasteiger partial charge in [0, 0.05) is 41.5 Å². The van der Waals surface area contributed by atoms with Crippen molar-refractivity contribution in [1.29, 1.82) is 0 Å². The third kappa shape index (κ3) is 19.7. The van der Waals surface area contributed by atoms with Crippen LogP contribution in [0.25, 0.3) is 0 Å². The van der Waals surface area contributed by atoms with Crippen LogP contribution in [0.4, 0.5) is 0 Å². The van der Waals surface area contributed by atoms with Crippen molar-refractivity contribution in [3.8, 4) is 0 Å². The highest BCUT2D eigenvalue weighted by Gasteiger charge is 2.61. The summed E-state index contributed by atoms with van der Waals surface area (Å²) in [5.74, 6) is -9.54. The van der Waals surface area contributed by atoms with Gasteiger partial charge in [0.1, 0.15) is 49.8 Å². The number of ether oxygens (including phenoxy) is 17. The molecule has 4 heterocycles. The summed E-state index contributed by atoms with van der Waals surface area (Å²) in [7, 11) is 0. The van der Waals surface area contributed by atoms with Crippen LogP contribution < -0.4 is 5.32 Å². The average Bonchev–Trinajstić information content (AvgIpc) is 0.763. The van der Waals surface area contributed by atoms with E-state index in [1.54, 1.807) is 103 Å². The molecule has 1 amide bonds. The fraction of sp³-hybridized carbons (Fsp3) is 0.437. The summed E-state index contributed by atoms with van der Waals surface area (Å²) in [5, 5.41) is 14.5. The van der Waals surface area contributed by atoms with Gasteiger partial charge in [-0.15, -0.1) is 0 Å². The van der Waals surface area contributed by atoms with E-state index in [0.717, 1.165) is 41.5 Å². The van der Waals surface area contributed by atoms with E-state index in [-0.39, 0.29) is 28.9 Å². The van der Waals surface area contributed by atoms with Crippen molar-refractivity contribution < 1.29 is 134 Å². The van der Waals surface area contributed by atoms with E-state index in [9.17, 15) is 53.1 Å². The van der Waals surface area contributed by atoms with Gasteiger partial charge in [0.2, 0.25) is 5.91 Å². The molecule has 5 aromatic carbocycles. The van der Waals surface area contributed by atoms with Crippen LogP contribution in [0.3, 0.4) is 0 Å². The highest BCUT2D eigenvalue weighted by molar-refractivity contribution is 5.91. The van der Waals surface area contributed by atoms with E-state index in [0.29, 0.717) is 5.56 Å². The van der Waals surface area contributed by atoms with Gasteiger partial charge in [-0.2, -0.15) is 0 Å². The fourth-order valence-electron chi connectivity index (χ4n) is 11.7. The van der Waals surface area contributed by atoms with Gasteiger partial charge in [0.15, 0.2) is 74.0 Å². The van der Waals surface area contributed by atoms with Crippen LogP contribution in [0.15, 0.2) is 152 Å². The van der Waals surface area contributed by atoms with Crippen LogP contribution in [-0.4, -0.2) is 201 Å². The number of esters is 9. The minimum absolute atomic E-state index is 0.00828. The first-order valence-electron chi connectivity index (χ1n) is 31.9. The quantitative estimate of drug-likeness (QED) is 0.0574. The molecular weight excluding hydrogens is 1310 g/mol. The third-order valence-corrected chi connectivity index (χ3v) is 16.1. The second-order valence-electron chi connectivity index (χ2n) is 23.6. The predicted molar refractivity (Wildman–Crippen MR) is 338 cm³/mol. The minimum atomic E-state index is -2.21. The number of nitrogens with one attached hydrogen (secondary N) is 1. The first-order chi connectivity index (χ1) is 47.9. The molecule has 0 radical (unpaired) electrons. The summed E-state index contributed by atoms with van der Waals surface area (Å²) >= 11 is 0. The molecule has 2 N–H and O–H groups in total. The zero-order valence-corrected chi connectivity index (χ0v) is 55.6. The SMILES string of the molecule is CC(=O)N[C@H]1[C@@H](O[C@@H]2[C@@H](OC(=O)c3ccccc3)[C@H](C)O[C@@H](O)[C@@H]2OC(=O)c2ccccc2)O[C@H](COC(C)=O)[C@@H](OC(C)=O)[C@@H]1O[C@H]1O[C@H](COC(C)=O)[C@H](OC(C)=O)[C@H](OC(C)=O)[C@H]1O[C@@H]1O[C@@H](C)[C@H](OC(=O)c2ccccc2)[C@@H](OCc2ccccc2)[C@H]1OC(=O)c1ccccc1. The van der Waals surface area contributed by atoms with Gasteiger partial charge in [-0.3, -0.25) is 28.8 Å². The number of hydrogen-bond acceptors (Lipinski definition) is 28. The molecule has 0 saturated carbocycles. The van der Waals surface area contributed by atoms with Gasteiger partial charge < -0.3 is 90.9 Å². The first-order valence-corrected chi connectivity index (χ1v) is 31.9. The van der Waals surface area contributed by atoms with E-state index in [4.69, 9.17) is 80.5 Å². The summed E-state index contributed by atoms with van der Waals surface area (Å²) in [4.78, 5) is 137. The molecule has 5 aromatic rings. The zero-order chi connectivity index (χ0) is 71.7. The number of hydrogen-bond donors (Lipinski definition) is 2. The predicted octanol–water partition coefficient (Wildman–Crippen LogP) is 4.99. The lowest BCUT2D eigenvalue weighted by molar-refractivity contribution is -0.386. The van der Waals surface area contributed by atoms with Gasteiger partial charge in [0.25, 0.3) is 0 Å². The molecule has 100 heavy (non-hydrogen) atoms. The lowest BCUT2D eigenvalue weighted by atomic mass is 9.93. The Balaban J connectivity index is 1.21. The number of rotatable bonds is 25. The van der Waals surface area contributed by atoms with E-state index in [2.05, 4.69) is 5.32 Å². The Morgan fingerprint density at radius 3 is 1.16 bits per heavy atom. The highest BCUT2D eigenvalue weighted by Crippen LogP contribution is 2.40. The van der Waals surface area contributed by atoms with Crippen molar-refractivity contribution in [2.45, 2.75) is 185 Å². The molecule has 0 aliphatic carbocycles. The average molecular weight is 1390 g/mol. The molecule has 29 nitrogen and oxygen atoms in total. The molecule has 0 unspecified atom stereocenters. The van der Waals surface area contributed by atoms with Crippen LogP contribution in [0.1, 0.15) is 102 Å². The maximum Gasteiger partial charge on any atom is 0.338 e. The Kier molecular flexibility index (Phi) is 26.1. The number of amides is 1. The molecule has 4 fully saturated rings. The summed E-state index contributed by atoms with van der Waals surface area (Å²) in [6.45, 7) is 7.25. The molecule has 0 aromatic heterocycles. The zero-order valence-electron chi connectivity index (χ0n) is 55.6. The van der Waals surface area contributed by atoms with Gasteiger partial charge in [-0.25, -0.2) is 19.2 Å². The van der Waals surface area contributed by atoms with Crippen molar-refractivity contribution in [3.05, 3.63) is 179 Å². The molecule has 20 atom stereocenters. The van der Waals surface area contributed by atoms with E-state index >= 15 is 0 Å². The lowest BCUT2D eigenvalue weighted by Gasteiger charge is -2.51. The molecule has 4 aliphatic rings. The topological polar surface area (TPSA) is 360 Å². The Morgan fingerprint density at radius 2 is 0.720 bits per heavy atom. The second kappa shape index (κ2) is 35.0. The van der Waals surface area contributed by atoms with Crippen molar-refractivity contribution in [2.24, 2.45) is 0 Å². The number of aliphatic hydroxyl groups excluding tert-OH is 1. The molecule has 29 heteroatoms. The van der Waals surface area contributed by atoms with Crippen LogP contribution in [0.2, 0.25) is 0 Å². The van der Waals surface area contributed by atoms with Gasteiger partial charge in [-0.05, 0) is 67.9 Å². The van der Waals surface area contributed by atoms with Crippen LogP contribution in [0, 0.1) is 0 Å². The van der Waals surface area contributed by atoms with Crippen LogP contribution in [0.5, 0.6) is 0 Å². The smallest absolute Gasteiger partial charge is 0.338 e. The fourth-order valence-corrected chi connectivity index (χ4v) is 11.7. The molecule has 4 saturated heterocycles. The standard InChI is InChI=1S/C71H77NO28/c1-37-54(95-65(80)47-28-18-11-19-29-47)59(61(68(83)87-37)96-66(81)48-30-20-12-21-31-48)99-69-52(72-39(3)73)57(55(89-42(6)76)50(92-69)35-84-40(4)74)98-71-63(60(91-44(8)78)56(90-43(7)77)51(93-71)36-85-41(5)75)100-70-62(97-67(82)49-32-22-13-23-33-49)58(86-34-45-24-14-9-15-25-45)53(38(2)88-70)94-64(79)46-26-16-10-17-27-46/h9-33,37-38,50-63,68-71,83H,34-36H2,1-8H3,(H,72,73)/t37-,38-,50+,51+,52+,53-,54-,55+,56-,57+,58+,59+,60-,61+,62+,63+,68+,69+,70-,71+/m0/s1. The molecular formula is C71H77NO28. The van der Waals surface area contributed by atoms with E-state index in [1.807, 2.05) is 0 Å². The summed E-state index contributed by atoms with van der Waals surface area (Å²) in [6, 6.07) is 37.6. The first kappa shape index (κ1) is 74.7. The minimum Gasteiger partial charge on any atom is -0.463 e. The molecule has 4 aliphatic heterocycles. The largest absolute Gasteiger partial charge is 0.463 e.